The monoisotopic (exact) mass is 397 g/mol. The number of hydrogen-bond donors (Lipinski definition) is 0. The van der Waals surface area contributed by atoms with Crippen molar-refractivity contribution in [2.75, 3.05) is 20.3 Å². The Morgan fingerprint density at radius 2 is 1.85 bits per heavy atom. The summed E-state index contributed by atoms with van der Waals surface area (Å²) in [6, 6.07) is 6.35. The van der Waals surface area contributed by atoms with Crippen LogP contribution in [0, 0.1) is 13.8 Å². The number of benzene rings is 1. The van der Waals surface area contributed by atoms with Gasteiger partial charge in [-0.1, -0.05) is 23.2 Å². The fourth-order valence-electron chi connectivity index (χ4n) is 2.99. The third kappa shape index (κ3) is 4.47. The zero-order valence-electron chi connectivity index (χ0n) is 15.1. The molecule has 140 valence electrons. The normalized spacial score (nSPS) is 12.1. The Morgan fingerprint density at radius 1 is 1.15 bits per heavy atom. The van der Waals surface area contributed by atoms with E-state index < -0.39 is 5.97 Å². The average molecular weight is 398 g/mol. The second-order valence-electron chi connectivity index (χ2n) is 6.08. The SMILES string of the molecule is COC[C@H](C)n1c(C)cc(C(=O)COC(=O)c2ccc(Cl)cc2Cl)c1C. The fourth-order valence-corrected chi connectivity index (χ4v) is 3.48. The van der Waals surface area contributed by atoms with Crippen molar-refractivity contribution in [3.63, 3.8) is 0 Å². The van der Waals surface area contributed by atoms with E-state index in [2.05, 4.69) is 0 Å². The summed E-state index contributed by atoms with van der Waals surface area (Å²) in [5, 5.41) is 0.599. The van der Waals surface area contributed by atoms with Crippen LogP contribution in [0.5, 0.6) is 0 Å². The van der Waals surface area contributed by atoms with Crippen LogP contribution < -0.4 is 0 Å². The van der Waals surface area contributed by atoms with Crippen LogP contribution in [0.2, 0.25) is 10.0 Å². The van der Waals surface area contributed by atoms with Crippen molar-refractivity contribution < 1.29 is 19.1 Å². The molecule has 5 nitrogen and oxygen atoms in total. The maximum absolute atomic E-state index is 12.5. The van der Waals surface area contributed by atoms with Crippen LogP contribution in [0.1, 0.15) is 45.1 Å². The van der Waals surface area contributed by atoms with E-state index in [0.717, 1.165) is 11.4 Å². The van der Waals surface area contributed by atoms with Gasteiger partial charge in [0.2, 0.25) is 5.78 Å². The van der Waals surface area contributed by atoms with E-state index in [1.807, 2.05) is 25.3 Å². The van der Waals surface area contributed by atoms with Crippen LogP contribution in [0.4, 0.5) is 0 Å². The highest BCUT2D eigenvalue weighted by molar-refractivity contribution is 6.36. The molecule has 0 aliphatic rings. The minimum atomic E-state index is -0.665. The molecule has 1 aromatic heterocycles. The second kappa shape index (κ2) is 8.71. The van der Waals surface area contributed by atoms with E-state index in [9.17, 15) is 9.59 Å². The molecule has 1 heterocycles. The topological polar surface area (TPSA) is 57.5 Å². The van der Waals surface area contributed by atoms with Crippen LogP contribution in [-0.4, -0.2) is 36.6 Å². The van der Waals surface area contributed by atoms with Gasteiger partial charge in [0.15, 0.2) is 6.61 Å². The molecular weight excluding hydrogens is 377 g/mol. The van der Waals surface area contributed by atoms with Gasteiger partial charge in [0.25, 0.3) is 0 Å². The quantitative estimate of drug-likeness (QED) is 0.503. The minimum absolute atomic E-state index is 0.0944. The number of carbonyl (C=O) groups is 2. The van der Waals surface area contributed by atoms with Crippen molar-refractivity contribution in [1.29, 1.82) is 0 Å². The van der Waals surface area contributed by atoms with Gasteiger partial charge >= 0.3 is 5.97 Å². The first-order chi connectivity index (χ1) is 12.3. The average Bonchev–Trinajstić information content (AvgIpc) is 2.87. The van der Waals surface area contributed by atoms with Crippen LogP contribution >= 0.6 is 23.2 Å². The lowest BCUT2D eigenvalue weighted by Gasteiger charge is -2.17. The van der Waals surface area contributed by atoms with Gasteiger partial charge in [0, 0.05) is 29.1 Å². The summed E-state index contributed by atoms with van der Waals surface area (Å²) in [5.41, 5.74) is 2.46. The highest BCUT2D eigenvalue weighted by Gasteiger charge is 2.20. The van der Waals surface area contributed by atoms with Crippen molar-refractivity contribution in [3.8, 4) is 0 Å². The van der Waals surface area contributed by atoms with E-state index in [0.29, 0.717) is 17.2 Å². The number of ketones is 1. The molecule has 0 aliphatic carbocycles. The number of aryl methyl sites for hydroxylation is 1. The first-order valence-electron chi connectivity index (χ1n) is 8.09. The number of halogens is 2. The fraction of sp³-hybridized carbons (Fsp3) is 0.368. The number of aromatic nitrogens is 1. The molecular formula is C19H21Cl2NO4. The predicted molar refractivity (Wildman–Crippen MR) is 102 cm³/mol. The second-order valence-corrected chi connectivity index (χ2v) is 6.93. The lowest BCUT2D eigenvalue weighted by atomic mass is 10.1. The Labute approximate surface area is 162 Å². The van der Waals surface area contributed by atoms with E-state index in [1.54, 1.807) is 13.2 Å². The summed E-state index contributed by atoms with van der Waals surface area (Å²) in [5.74, 6) is -0.936. The molecule has 7 heteroatoms. The number of hydrogen-bond acceptors (Lipinski definition) is 4. The van der Waals surface area contributed by atoms with Gasteiger partial charge in [-0.25, -0.2) is 4.79 Å². The molecule has 26 heavy (non-hydrogen) atoms. The minimum Gasteiger partial charge on any atom is -0.454 e. The predicted octanol–water partition coefficient (Wildman–Crippen LogP) is 4.66. The summed E-state index contributed by atoms with van der Waals surface area (Å²) >= 11 is 11.8. The van der Waals surface area contributed by atoms with Gasteiger partial charge < -0.3 is 14.0 Å². The number of methoxy groups -OCH3 is 1. The van der Waals surface area contributed by atoms with Gasteiger partial charge in [0.05, 0.1) is 23.2 Å². The van der Waals surface area contributed by atoms with E-state index in [1.165, 1.54) is 18.2 Å². The Bertz CT molecular complexity index is 829. The van der Waals surface area contributed by atoms with Crippen molar-refractivity contribution >= 4 is 35.0 Å². The number of esters is 1. The molecule has 0 bridgehead atoms. The molecule has 0 amide bonds. The van der Waals surface area contributed by atoms with Crippen LogP contribution in [0.3, 0.4) is 0 Å². The summed E-state index contributed by atoms with van der Waals surface area (Å²) in [6.45, 7) is 5.98. The summed E-state index contributed by atoms with van der Waals surface area (Å²) < 4.78 is 12.4. The van der Waals surface area contributed by atoms with Gasteiger partial charge in [-0.05, 0) is 45.0 Å². The third-order valence-electron chi connectivity index (χ3n) is 4.12. The molecule has 0 radical (unpaired) electrons. The van der Waals surface area contributed by atoms with Crippen LogP contribution in [0.25, 0.3) is 0 Å². The smallest absolute Gasteiger partial charge is 0.340 e. The number of nitrogens with zero attached hydrogens (tertiary/aromatic N) is 1. The molecule has 1 aromatic carbocycles. The first-order valence-corrected chi connectivity index (χ1v) is 8.84. The number of Topliss-reactive ketones (excluding diaryl/α,β-unsaturated/α-hetero) is 1. The molecule has 0 saturated heterocycles. The maximum Gasteiger partial charge on any atom is 0.340 e. The molecule has 0 spiro atoms. The van der Waals surface area contributed by atoms with Crippen molar-refractivity contribution in [2.45, 2.75) is 26.8 Å². The Balaban J connectivity index is 2.11. The molecule has 0 fully saturated rings. The summed E-state index contributed by atoms with van der Waals surface area (Å²) in [6.07, 6.45) is 0. The van der Waals surface area contributed by atoms with E-state index in [-0.39, 0.29) is 29.0 Å². The highest BCUT2D eigenvalue weighted by Crippen LogP contribution is 2.23. The van der Waals surface area contributed by atoms with Crippen LogP contribution in [-0.2, 0) is 9.47 Å². The van der Waals surface area contributed by atoms with Gasteiger partial charge in [-0.3, -0.25) is 4.79 Å². The largest absolute Gasteiger partial charge is 0.454 e. The van der Waals surface area contributed by atoms with Gasteiger partial charge in [-0.15, -0.1) is 0 Å². The van der Waals surface area contributed by atoms with Crippen molar-refractivity contribution in [2.24, 2.45) is 0 Å². The number of rotatable bonds is 7. The lowest BCUT2D eigenvalue weighted by Crippen LogP contribution is -2.17. The molecule has 1 atom stereocenters. The number of carbonyl (C=O) groups excluding carboxylic acids is 2. The highest BCUT2D eigenvalue weighted by atomic mass is 35.5. The lowest BCUT2D eigenvalue weighted by molar-refractivity contribution is 0.0474. The van der Waals surface area contributed by atoms with Gasteiger partial charge in [0.1, 0.15) is 0 Å². The summed E-state index contributed by atoms with van der Waals surface area (Å²) in [4.78, 5) is 24.6. The Kier molecular flexibility index (Phi) is 6.87. The van der Waals surface area contributed by atoms with E-state index >= 15 is 0 Å². The zero-order valence-corrected chi connectivity index (χ0v) is 16.6. The number of ether oxygens (including phenoxy) is 2. The van der Waals surface area contributed by atoms with Gasteiger partial charge in [-0.2, -0.15) is 0 Å². The van der Waals surface area contributed by atoms with E-state index in [4.69, 9.17) is 32.7 Å². The molecule has 0 saturated carbocycles. The first kappa shape index (κ1) is 20.5. The summed E-state index contributed by atoms with van der Waals surface area (Å²) in [7, 11) is 1.64. The molecule has 0 unspecified atom stereocenters. The third-order valence-corrected chi connectivity index (χ3v) is 4.67. The zero-order chi connectivity index (χ0) is 19.4. The van der Waals surface area contributed by atoms with Crippen molar-refractivity contribution in [3.05, 3.63) is 56.8 Å². The van der Waals surface area contributed by atoms with Crippen LogP contribution in [0.15, 0.2) is 24.3 Å². The molecule has 0 N–H and O–H groups in total. The molecule has 2 rings (SSSR count). The molecule has 2 aromatic rings. The maximum atomic E-state index is 12.5. The molecule has 0 aliphatic heterocycles. The standard InChI is InChI=1S/C19H21Cl2NO4/c1-11-7-16(13(3)22(11)12(2)9-25-4)18(23)10-26-19(24)15-6-5-14(20)8-17(15)21/h5-8,12H,9-10H2,1-4H3/t12-/m0/s1. The van der Waals surface area contributed by atoms with Crippen molar-refractivity contribution in [1.82, 2.24) is 4.57 Å². The Morgan fingerprint density at radius 3 is 2.46 bits per heavy atom. The Hall–Kier alpha value is -1.82.